The summed E-state index contributed by atoms with van der Waals surface area (Å²) >= 11 is 0. The van der Waals surface area contributed by atoms with Crippen LogP contribution in [0, 0.1) is 0 Å². The summed E-state index contributed by atoms with van der Waals surface area (Å²) in [7, 11) is -0.781. The Morgan fingerprint density at radius 1 is 1.17 bits per heavy atom. The predicted octanol–water partition coefficient (Wildman–Crippen LogP) is 2.59. The van der Waals surface area contributed by atoms with Crippen LogP contribution in [0.5, 0.6) is 0 Å². The highest BCUT2D eigenvalue weighted by Crippen LogP contribution is 2.48. The highest BCUT2D eigenvalue weighted by molar-refractivity contribution is 8.34. The molecule has 64 valence electrons. The zero-order valence-corrected chi connectivity index (χ0v) is 8.21. The normalized spacial score (nSPS) is 31.2. The summed E-state index contributed by atoms with van der Waals surface area (Å²) in [6.45, 7) is 0. The molecule has 0 aromatic rings. The van der Waals surface area contributed by atoms with Gasteiger partial charge in [-0.05, 0) is 27.7 Å². The average Bonchev–Trinajstić information content (AvgIpc) is 2.75. The number of allylic oxidation sites excluding steroid dienone is 3. The minimum Gasteiger partial charge on any atom is -0.292 e. The quantitative estimate of drug-likeness (QED) is 0.515. The molecule has 3 heteroatoms. The third-order valence-corrected chi connectivity index (χ3v) is 5.10. The van der Waals surface area contributed by atoms with Crippen molar-refractivity contribution in [1.82, 2.24) is 0 Å². The Morgan fingerprint density at radius 3 is 2.50 bits per heavy atom. The Balaban J connectivity index is 2.16. The van der Waals surface area contributed by atoms with Crippen LogP contribution in [-0.4, -0.2) is 5.62 Å². The molecule has 0 aromatic heterocycles. The molecule has 0 spiro atoms. The zero-order valence-electron chi connectivity index (χ0n) is 6.42. The van der Waals surface area contributed by atoms with Gasteiger partial charge in [0.15, 0.2) is 5.62 Å². The molecule has 2 aliphatic rings. The van der Waals surface area contributed by atoms with Crippen molar-refractivity contribution in [3.8, 4) is 0 Å². The fourth-order valence-electron chi connectivity index (χ4n) is 1.13. The number of hydrogen-bond acceptors (Lipinski definition) is 1. The maximum Gasteiger partial charge on any atom is 0.163 e. The smallest absolute Gasteiger partial charge is 0.163 e. The van der Waals surface area contributed by atoms with E-state index in [0.717, 1.165) is 5.62 Å². The van der Waals surface area contributed by atoms with E-state index in [4.69, 9.17) is 0 Å². The van der Waals surface area contributed by atoms with Crippen molar-refractivity contribution in [1.29, 1.82) is 0 Å². The number of hydrogen-bond donors (Lipinski definition) is 2. The van der Waals surface area contributed by atoms with Crippen LogP contribution in [-0.2, 0) is 4.79 Å². The van der Waals surface area contributed by atoms with Gasteiger partial charge < -0.3 is 0 Å². The molecule has 2 aliphatic heterocycles. The highest BCUT2D eigenvalue weighted by atomic mass is 32.2. The fraction of sp³-hybridized carbons (Fsp3) is 0. The number of rotatable bonds is 2. The van der Waals surface area contributed by atoms with Crippen molar-refractivity contribution in [3.63, 3.8) is 0 Å². The second-order valence-electron chi connectivity index (χ2n) is 2.51. The number of carbonyl (C=O) groups excluding carboxylic acids is 1. The maximum absolute atomic E-state index is 10.5. The third-order valence-electron chi connectivity index (χ3n) is 1.72. The van der Waals surface area contributed by atoms with Gasteiger partial charge in [0.05, 0.1) is 0 Å². The van der Waals surface area contributed by atoms with Crippen LogP contribution < -0.4 is 0 Å². The molecule has 1 unspecified atom stereocenters. The first-order valence-electron chi connectivity index (χ1n) is 3.66. The van der Waals surface area contributed by atoms with Crippen molar-refractivity contribution in [2.45, 2.75) is 0 Å². The largest absolute Gasteiger partial charge is 0.292 e. The monoisotopic (exact) mass is 198 g/mol. The second-order valence-corrected chi connectivity index (χ2v) is 6.10. The Hall–Kier alpha value is -0.670. The summed E-state index contributed by atoms with van der Waals surface area (Å²) in [6.07, 6.45) is 6.23. The van der Waals surface area contributed by atoms with Gasteiger partial charge >= 0.3 is 0 Å². The molecule has 0 radical (unpaired) electrons. The lowest BCUT2D eigenvalue weighted by molar-refractivity contribution is 0.570. The van der Waals surface area contributed by atoms with Gasteiger partial charge in [0.25, 0.3) is 0 Å². The van der Waals surface area contributed by atoms with Crippen molar-refractivity contribution >= 4 is 27.4 Å². The van der Waals surface area contributed by atoms with Crippen molar-refractivity contribution < 1.29 is 4.79 Å². The summed E-state index contributed by atoms with van der Waals surface area (Å²) in [5.41, 5.74) is 1.04. The molecule has 1 nitrogen and oxygen atoms in total. The van der Waals surface area contributed by atoms with Crippen LogP contribution >= 0.6 is 21.8 Å². The summed E-state index contributed by atoms with van der Waals surface area (Å²) in [5.74, 6) is 0. The predicted molar refractivity (Wildman–Crippen MR) is 60.2 cm³/mol. The maximum atomic E-state index is 10.5. The van der Waals surface area contributed by atoms with Crippen LogP contribution in [0.4, 0.5) is 0 Å². The van der Waals surface area contributed by atoms with Crippen LogP contribution in [0.2, 0.25) is 0 Å². The van der Waals surface area contributed by atoms with Gasteiger partial charge in [-0.2, -0.15) is 21.8 Å². The number of carbonyl (C=O) groups is 1. The lowest BCUT2D eigenvalue weighted by Gasteiger charge is -2.08. The van der Waals surface area contributed by atoms with E-state index in [1.807, 2.05) is 5.41 Å². The zero-order chi connectivity index (χ0) is 8.39. The molecule has 0 bridgehead atoms. The van der Waals surface area contributed by atoms with E-state index in [-0.39, 0.29) is 10.9 Å². The molecular formula is C9H10OS2. The van der Waals surface area contributed by atoms with Gasteiger partial charge in [-0.25, -0.2) is 0 Å². The standard InChI is InChI=1S/C9H10OS2/c10-8-11-6-3-9(7-11)12-4-1-2-5-12/h1-8,11-12H. The molecule has 0 aromatic carbocycles. The summed E-state index contributed by atoms with van der Waals surface area (Å²) in [6, 6.07) is 0. The van der Waals surface area contributed by atoms with E-state index in [1.54, 1.807) is 0 Å². The molecule has 0 fully saturated rings. The Kier molecular flexibility index (Phi) is 2.23. The van der Waals surface area contributed by atoms with Crippen LogP contribution in [0.25, 0.3) is 0 Å². The molecule has 2 heterocycles. The number of thiol groups is 2. The van der Waals surface area contributed by atoms with E-state index < -0.39 is 10.9 Å². The lowest BCUT2D eigenvalue weighted by atomic mass is 10.6. The summed E-state index contributed by atoms with van der Waals surface area (Å²) < 4.78 is 0. The van der Waals surface area contributed by atoms with E-state index >= 15 is 0 Å². The van der Waals surface area contributed by atoms with Gasteiger partial charge in [0, 0.05) is 4.91 Å². The van der Waals surface area contributed by atoms with E-state index in [9.17, 15) is 4.79 Å². The van der Waals surface area contributed by atoms with Crippen LogP contribution in [0.1, 0.15) is 0 Å². The summed E-state index contributed by atoms with van der Waals surface area (Å²) in [5, 5.41) is 8.53. The van der Waals surface area contributed by atoms with Gasteiger partial charge in [-0.1, -0.05) is 12.2 Å². The van der Waals surface area contributed by atoms with Gasteiger partial charge in [0.2, 0.25) is 0 Å². The molecule has 0 saturated carbocycles. The molecule has 0 N–H and O–H groups in total. The van der Waals surface area contributed by atoms with Crippen LogP contribution in [0.3, 0.4) is 0 Å². The van der Waals surface area contributed by atoms with Crippen molar-refractivity contribution in [2.75, 3.05) is 0 Å². The highest BCUT2D eigenvalue weighted by Gasteiger charge is 2.09. The fourth-order valence-corrected chi connectivity index (χ4v) is 4.38. The molecule has 2 rings (SSSR count). The minimum absolute atomic E-state index is 0.208. The van der Waals surface area contributed by atoms with Crippen molar-refractivity contribution in [3.05, 3.63) is 44.8 Å². The first-order valence-corrected chi connectivity index (χ1v) is 6.69. The van der Waals surface area contributed by atoms with Gasteiger partial charge in [0.1, 0.15) is 0 Å². The third kappa shape index (κ3) is 1.42. The van der Waals surface area contributed by atoms with Crippen LogP contribution in [0.15, 0.2) is 44.8 Å². The Labute approximate surface area is 77.2 Å². The molecule has 0 aliphatic carbocycles. The minimum atomic E-state index is -0.573. The first-order chi connectivity index (χ1) is 5.90. The molecule has 12 heavy (non-hydrogen) atoms. The van der Waals surface area contributed by atoms with E-state index in [0.29, 0.717) is 0 Å². The first kappa shape index (κ1) is 7.95. The Morgan fingerprint density at radius 2 is 1.92 bits per heavy atom. The SMILES string of the molecule is O=C[SH]1C=CC([SH]2C=CC=C2)=C1. The summed E-state index contributed by atoms with van der Waals surface area (Å²) in [4.78, 5) is 11.8. The topological polar surface area (TPSA) is 17.1 Å². The average molecular weight is 198 g/mol. The van der Waals surface area contributed by atoms with Gasteiger partial charge in [-0.3, -0.25) is 4.79 Å². The molecular weight excluding hydrogens is 188 g/mol. The van der Waals surface area contributed by atoms with E-state index in [1.165, 1.54) is 4.91 Å². The second kappa shape index (κ2) is 3.37. The van der Waals surface area contributed by atoms with Crippen molar-refractivity contribution in [2.24, 2.45) is 0 Å². The molecule has 0 saturated heterocycles. The lowest BCUT2D eigenvalue weighted by Crippen LogP contribution is -1.69. The van der Waals surface area contributed by atoms with Gasteiger partial charge in [-0.15, -0.1) is 0 Å². The Bertz CT molecular complexity index is 300. The molecule has 1 atom stereocenters. The molecule has 0 amide bonds. The van der Waals surface area contributed by atoms with E-state index in [2.05, 4.69) is 34.5 Å².